The molecule has 1 aliphatic rings. The van der Waals surface area contributed by atoms with Crippen molar-refractivity contribution in [3.8, 4) is 17.2 Å². The first-order valence-electron chi connectivity index (χ1n) is 9.44. The molecule has 0 spiro atoms. The van der Waals surface area contributed by atoms with E-state index < -0.39 is 0 Å². The Bertz CT molecular complexity index is 848. The molecule has 0 radical (unpaired) electrons. The molecule has 8 heteroatoms. The molecule has 1 saturated heterocycles. The minimum absolute atomic E-state index is 0.00324. The van der Waals surface area contributed by atoms with E-state index in [0.717, 1.165) is 35.9 Å². The first-order valence-corrected chi connectivity index (χ1v) is 10.3. The first-order chi connectivity index (χ1) is 14.0. The van der Waals surface area contributed by atoms with Gasteiger partial charge in [-0.15, -0.1) is 11.3 Å². The number of ether oxygens (including phenoxy) is 3. The van der Waals surface area contributed by atoms with Crippen LogP contribution in [0.15, 0.2) is 23.6 Å². The molecule has 156 valence electrons. The highest BCUT2D eigenvalue weighted by Crippen LogP contribution is 2.38. The highest BCUT2D eigenvalue weighted by Gasteiger charge is 2.20. The van der Waals surface area contributed by atoms with E-state index in [4.69, 9.17) is 14.2 Å². The molecular weight excluding hydrogens is 390 g/mol. The highest BCUT2D eigenvalue weighted by atomic mass is 32.1. The molecular formula is C21H27N3O4S. The summed E-state index contributed by atoms with van der Waals surface area (Å²) in [4.78, 5) is 21.3. The van der Waals surface area contributed by atoms with Gasteiger partial charge in [-0.05, 0) is 30.7 Å². The van der Waals surface area contributed by atoms with Gasteiger partial charge in [0.25, 0.3) is 0 Å². The molecule has 1 aromatic carbocycles. The third-order valence-corrected chi connectivity index (χ3v) is 5.77. The first kappa shape index (κ1) is 21.1. The van der Waals surface area contributed by atoms with Gasteiger partial charge in [0.2, 0.25) is 11.7 Å². The molecule has 0 aliphatic carbocycles. The SMILES string of the molecule is COc1cc(/C=C/C(=O)N2CCN(Cc3nc(C)cs3)CC2)cc(OC)c1OC. The van der Waals surface area contributed by atoms with Crippen LogP contribution in [0.4, 0.5) is 0 Å². The van der Waals surface area contributed by atoms with Crippen LogP contribution in [0.2, 0.25) is 0 Å². The van der Waals surface area contributed by atoms with E-state index in [0.29, 0.717) is 30.3 Å². The summed E-state index contributed by atoms with van der Waals surface area (Å²) in [6, 6.07) is 3.64. The number of carbonyl (C=O) groups excluding carboxylic acids is 1. The summed E-state index contributed by atoms with van der Waals surface area (Å²) in [7, 11) is 4.71. The topological polar surface area (TPSA) is 64.1 Å². The van der Waals surface area contributed by atoms with E-state index in [1.165, 1.54) is 0 Å². The Kier molecular flexibility index (Phi) is 7.11. The molecule has 3 rings (SSSR count). The lowest BCUT2D eigenvalue weighted by Crippen LogP contribution is -2.47. The standard InChI is InChI=1S/C21H27N3O4S/c1-15-14-29-19(22-15)13-23-7-9-24(10-8-23)20(25)6-5-16-11-17(26-2)21(28-4)18(12-16)27-3/h5-6,11-12,14H,7-10,13H2,1-4H3/b6-5+. The average molecular weight is 418 g/mol. The second kappa shape index (κ2) is 9.76. The molecule has 0 bridgehead atoms. The van der Waals surface area contributed by atoms with Gasteiger partial charge in [-0.3, -0.25) is 9.69 Å². The van der Waals surface area contributed by atoms with E-state index >= 15 is 0 Å². The molecule has 1 aliphatic heterocycles. The Morgan fingerprint density at radius 3 is 2.28 bits per heavy atom. The minimum atomic E-state index is 0.00324. The summed E-state index contributed by atoms with van der Waals surface area (Å²) >= 11 is 1.69. The fourth-order valence-corrected chi connectivity index (χ4v) is 4.08. The Hall–Kier alpha value is -2.58. The summed E-state index contributed by atoms with van der Waals surface area (Å²) in [6.45, 7) is 5.98. The number of hydrogen-bond donors (Lipinski definition) is 0. The second-order valence-electron chi connectivity index (χ2n) is 6.78. The Morgan fingerprint density at radius 1 is 1.10 bits per heavy atom. The van der Waals surface area contributed by atoms with Crippen LogP contribution in [0.1, 0.15) is 16.3 Å². The van der Waals surface area contributed by atoms with Crippen LogP contribution >= 0.6 is 11.3 Å². The number of methoxy groups -OCH3 is 3. The number of benzene rings is 1. The zero-order valence-corrected chi connectivity index (χ0v) is 18.1. The van der Waals surface area contributed by atoms with Gasteiger partial charge in [-0.2, -0.15) is 0 Å². The molecule has 2 aromatic rings. The normalized spacial score (nSPS) is 15.0. The van der Waals surface area contributed by atoms with Crippen molar-refractivity contribution in [2.45, 2.75) is 13.5 Å². The van der Waals surface area contributed by atoms with Crippen molar-refractivity contribution in [2.24, 2.45) is 0 Å². The zero-order valence-electron chi connectivity index (χ0n) is 17.3. The maximum Gasteiger partial charge on any atom is 0.246 e. The number of piperazine rings is 1. The largest absolute Gasteiger partial charge is 0.493 e. The van der Waals surface area contributed by atoms with Gasteiger partial charge in [0.1, 0.15) is 5.01 Å². The van der Waals surface area contributed by atoms with E-state index in [1.807, 2.05) is 24.0 Å². The number of nitrogens with zero attached hydrogens (tertiary/aromatic N) is 3. The van der Waals surface area contributed by atoms with Crippen molar-refractivity contribution in [3.63, 3.8) is 0 Å². The third-order valence-electron chi connectivity index (χ3n) is 4.81. The van der Waals surface area contributed by atoms with Gasteiger partial charge in [0.05, 0.1) is 27.9 Å². The molecule has 0 N–H and O–H groups in total. The predicted octanol–water partition coefficient (Wildman–Crippen LogP) is 2.83. The van der Waals surface area contributed by atoms with Gasteiger partial charge < -0.3 is 19.1 Å². The van der Waals surface area contributed by atoms with Gasteiger partial charge in [-0.25, -0.2) is 4.98 Å². The lowest BCUT2D eigenvalue weighted by molar-refractivity contribution is -0.127. The third kappa shape index (κ3) is 5.27. The van der Waals surface area contributed by atoms with E-state index in [2.05, 4.69) is 15.3 Å². The quantitative estimate of drug-likeness (QED) is 0.646. The number of aromatic nitrogens is 1. The van der Waals surface area contributed by atoms with Crippen LogP contribution in [0.5, 0.6) is 17.2 Å². The molecule has 29 heavy (non-hydrogen) atoms. The van der Waals surface area contributed by atoms with Crippen LogP contribution in [-0.4, -0.2) is 68.2 Å². The minimum Gasteiger partial charge on any atom is -0.493 e. The van der Waals surface area contributed by atoms with Gasteiger partial charge >= 0.3 is 0 Å². The average Bonchev–Trinajstić information content (AvgIpc) is 3.16. The lowest BCUT2D eigenvalue weighted by atomic mass is 10.1. The summed E-state index contributed by atoms with van der Waals surface area (Å²) in [5.74, 6) is 1.66. The molecule has 7 nitrogen and oxygen atoms in total. The fourth-order valence-electron chi connectivity index (χ4n) is 3.26. The van der Waals surface area contributed by atoms with Gasteiger partial charge in [0, 0.05) is 43.3 Å². The number of rotatable bonds is 7. The number of carbonyl (C=O) groups is 1. The molecule has 0 atom stereocenters. The van der Waals surface area contributed by atoms with Crippen molar-refractivity contribution >= 4 is 23.3 Å². The number of amides is 1. The monoisotopic (exact) mass is 417 g/mol. The fraction of sp³-hybridized carbons (Fsp3) is 0.429. The van der Waals surface area contributed by atoms with Gasteiger partial charge in [-0.1, -0.05) is 0 Å². The van der Waals surface area contributed by atoms with Crippen molar-refractivity contribution in [1.29, 1.82) is 0 Å². The van der Waals surface area contributed by atoms with Gasteiger partial charge in [0.15, 0.2) is 11.5 Å². The zero-order chi connectivity index (χ0) is 20.8. The van der Waals surface area contributed by atoms with Crippen molar-refractivity contribution < 1.29 is 19.0 Å². The lowest BCUT2D eigenvalue weighted by Gasteiger charge is -2.33. The van der Waals surface area contributed by atoms with Crippen molar-refractivity contribution in [2.75, 3.05) is 47.5 Å². The van der Waals surface area contributed by atoms with Crippen molar-refractivity contribution in [3.05, 3.63) is 39.9 Å². The molecule has 1 aromatic heterocycles. The summed E-state index contributed by atoms with van der Waals surface area (Å²) in [6.07, 6.45) is 3.37. The van der Waals surface area contributed by atoms with Crippen LogP contribution in [0.3, 0.4) is 0 Å². The predicted molar refractivity (Wildman–Crippen MR) is 114 cm³/mol. The van der Waals surface area contributed by atoms with Crippen LogP contribution in [0.25, 0.3) is 6.08 Å². The number of thiazole rings is 1. The second-order valence-corrected chi connectivity index (χ2v) is 7.72. The molecule has 0 unspecified atom stereocenters. The van der Waals surface area contributed by atoms with Crippen LogP contribution in [-0.2, 0) is 11.3 Å². The summed E-state index contributed by atoms with van der Waals surface area (Å²) in [5, 5.41) is 3.20. The Balaban J connectivity index is 1.58. The van der Waals surface area contributed by atoms with Crippen LogP contribution in [0, 0.1) is 6.92 Å². The molecule has 1 amide bonds. The summed E-state index contributed by atoms with van der Waals surface area (Å²) in [5.41, 5.74) is 1.88. The number of hydrogen-bond acceptors (Lipinski definition) is 7. The maximum absolute atomic E-state index is 12.6. The molecule has 1 fully saturated rings. The maximum atomic E-state index is 12.6. The summed E-state index contributed by atoms with van der Waals surface area (Å²) < 4.78 is 16.1. The van der Waals surface area contributed by atoms with E-state index in [9.17, 15) is 4.79 Å². The smallest absolute Gasteiger partial charge is 0.246 e. The molecule has 0 saturated carbocycles. The van der Waals surface area contributed by atoms with E-state index in [-0.39, 0.29) is 5.91 Å². The highest BCUT2D eigenvalue weighted by molar-refractivity contribution is 7.09. The Labute approximate surface area is 175 Å². The van der Waals surface area contributed by atoms with E-state index in [1.54, 1.807) is 44.8 Å². The van der Waals surface area contributed by atoms with Crippen LogP contribution < -0.4 is 14.2 Å². The Morgan fingerprint density at radius 2 is 1.76 bits per heavy atom. The van der Waals surface area contributed by atoms with Crippen molar-refractivity contribution in [1.82, 2.24) is 14.8 Å². The number of aryl methyl sites for hydroxylation is 1. The molecule has 2 heterocycles.